The Bertz CT molecular complexity index is 690. The predicted molar refractivity (Wildman–Crippen MR) is 93.3 cm³/mol. The Labute approximate surface area is 145 Å². The van der Waals surface area contributed by atoms with E-state index < -0.39 is 0 Å². The third kappa shape index (κ3) is 3.83. The van der Waals surface area contributed by atoms with Gasteiger partial charge in [-0.1, -0.05) is 18.2 Å². The van der Waals surface area contributed by atoms with Gasteiger partial charge in [-0.25, -0.2) is 4.79 Å². The fourth-order valence-electron chi connectivity index (χ4n) is 2.79. The summed E-state index contributed by atoms with van der Waals surface area (Å²) in [4.78, 5) is 28.8. The third-order valence-corrected chi connectivity index (χ3v) is 5.03. The standard InChI is InChI=1S/C18H20N2O3S/c1-23-18(22)15-6-4-14(5-7-15)13-19-8-10-20(11-9-19)17(21)16-3-2-12-24-16/h2-7,12H,8-11,13H2,1H3. The molecule has 2 aromatic rings. The normalized spacial score (nSPS) is 15.3. The number of esters is 1. The Morgan fingerprint density at radius 1 is 1.08 bits per heavy atom. The lowest BCUT2D eigenvalue weighted by Gasteiger charge is -2.34. The smallest absolute Gasteiger partial charge is 0.337 e. The molecule has 0 bridgehead atoms. The summed E-state index contributed by atoms with van der Waals surface area (Å²) in [5, 5.41) is 1.93. The van der Waals surface area contributed by atoms with Gasteiger partial charge in [-0.2, -0.15) is 0 Å². The summed E-state index contributed by atoms with van der Waals surface area (Å²) in [6, 6.07) is 11.3. The SMILES string of the molecule is COC(=O)c1ccc(CN2CCN(C(=O)c3cccs3)CC2)cc1. The molecule has 6 heteroatoms. The fraction of sp³-hybridized carbons (Fsp3) is 0.333. The maximum absolute atomic E-state index is 12.3. The first-order chi connectivity index (χ1) is 11.7. The zero-order chi connectivity index (χ0) is 16.9. The average Bonchev–Trinajstić information content (AvgIpc) is 3.16. The summed E-state index contributed by atoms with van der Waals surface area (Å²) in [6.07, 6.45) is 0. The second-order valence-electron chi connectivity index (χ2n) is 5.73. The summed E-state index contributed by atoms with van der Waals surface area (Å²) >= 11 is 1.49. The van der Waals surface area contributed by atoms with Crippen LogP contribution in [0.3, 0.4) is 0 Å². The average molecular weight is 344 g/mol. The number of nitrogens with zero attached hydrogens (tertiary/aromatic N) is 2. The monoisotopic (exact) mass is 344 g/mol. The molecule has 24 heavy (non-hydrogen) atoms. The van der Waals surface area contributed by atoms with Gasteiger partial charge in [-0.15, -0.1) is 11.3 Å². The molecule has 1 fully saturated rings. The molecule has 0 aliphatic carbocycles. The highest BCUT2D eigenvalue weighted by Gasteiger charge is 2.22. The minimum atomic E-state index is -0.317. The van der Waals surface area contributed by atoms with Gasteiger partial charge in [0.05, 0.1) is 17.6 Å². The van der Waals surface area contributed by atoms with E-state index in [1.807, 2.05) is 34.5 Å². The predicted octanol–water partition coefficient (Wildman–Crippen LogP) is 2.49. The topological polar surface area (TPSA) is 49.9 Å². The number of ether oxygens (including phenoxy) is 1. The molecular formula is C18H20N2O3S. The minimum Gasteiger partial charge on any atom is -0.465 e. The molecule has 0 saturated carbocycles. The number of methoxy groups -OCH3 is 1. The van der Waals surface area contributed by atoms with Gasteiger partial charge < -0.3 is 9.64 Å². The maximum Gasteiger partial charge on any atom is 0.337 e. The molecule has 1 aromatic carbocycles. The van der Waals surface area contributed by atoms with E-state index in [2.05, 4.69) is 4.90 Å². The van der Waals surface area contributed by atoms with Crippen LogP contribution in [0.5, 0.6) is 0 Å². The van der Waals surface area contributed by atoms with Crippen molar-refractivity contribution in [3.63, 3.8) is 0 Å². The molecule has 0 unspecified atom stereocenters. The minimum absolute atomic E-state index is 0.132. The van der Waals surface area contributed by atoms with Gasteiger partial charge in [0.2, 0.25) is 0 Å². The number of carbonyl (C=O) groups is 2. The highest BCUT2D eigenvalue weighted by atomic mass is 32.1. The molecule has 3 rings (SSSR count). The molecule has 5 nitrogen and oxygen atoms in total. The van der Waals surface area contributed by atoms with Gasteiger partial charge in [0.1, 0.15) is 0 Å². The van der Waals surface area contributed by atoms with E-state index in [9.17, 15) is 9.59 Å². The first-order valence-electron chi connectivity index (χ1n) is 7.90. The first kappa shape index (κ1) is 16.7. The lowest BCUT2D eigenvalue weighted by Crippen LogP contribution is -2.48. The molecule has 1 amide bonds. The Morgan fingerprint density at radius 3 is 2.38 bits per heavy atom. The van der Waals surface area contributed by atoms with Crippen LogP contribution < -0.4 is 0 Å². The highest BCUT2D eigenvalue weighted by Crippen LogP contribution is 2.15. The summed E-state index contributed by atoms with van der Waals surface area (Å²) in [5.74, 6) is -0.186. The zero-order valence-electron chi connectivity index (χ0n) is 13.6. The molecule has 0 spiro atoms. The van der Waals surface area contributed by atoms with E-state index in [1.54, 1.807) is 12.1 Å². The van der Waals surface area contributed by atoms with Crippen LogP contribution in [0.25, 0.3) is 0 Å². The number of rotatable bonds is 4. The van der Waals surface area contributed by atoms with E-state index >= 15 is 0 Å². The summed E-state index contributed by atoms with van der Waals surface area (Å²) in [7, 11) is 1.38. The van der Waals surface area contributed by atoms with Gasteiger partial charge in [-0.05, 0) is 29.1 Å². The van der Waals surface area contributed by atoms with E-state index in [4.69, 9.17) is 4.74 Å². The Hall–Kier alpha value is -2.18. The molecule has 1 aliphatic rings. The van der Waals surface area contributed by atoms with Crippen molar-refractivity contribution in [1.82, 2.24) is 9.80 Å². The zero-order valence-corrected chi connectivity index (χ0v) is 14.4. The molecule has 1 aliphatic heterocycles. The molecular weight excluding hydrogens is 324 g/mol. The summed E-state index contributed by atoms with van der Waals surface area (Å²) in [6.45, 7) is 4.03. The molecule has 126 valence electrons. The van der Waals surface area contributed by atoms with Gasteiger partial charge in [0.25, 0.3) is 5.91 Å². The van der Waals surface area contributed by atoms with Crippen LogP contribution in [0.1, 0.15) is 25.6 Å². The van der Waals surface area contributed by atoms with Crippen molar-refractivity contribution >= 4 is 23.2 Å². The molecule has 0 atom stereocenters. The second-order valence-corrected chi connectivity index (χ2v) is 6.68. The number of hydrogen-bond acceptors (Lipinski definition) is 5. The molecule has 2 heterocycles. The number of thiophene rings is 1. The van der Waals surface area contributed by atoms with Crippen LogP contribution in [0, 0.1) is 0 Å². The van der Waals surface area contributed by atoms with E-state index in [1.165, 1.54) is 18.4 Å². The Morgan fingerprint density at radius 2 is 1.79 bits per heavy atom. The van der Waals surface area contributed by atoms with Crippen LogP contribution in [0.2, 0.25) is 0 Å². The van der Waals surface area contributed by atoms with Crippen molar-refractivity contribution in [1.29, 1.82) is 0 Å². The van der Waals surface area contributed by atoms with Crippen molar-refractivity contribution in [3.8, 4) is 0 Å². The molecule has 0 N–H and O–H groups in total. The number of piperazine rings is 1. The van der Waals surface area contributed by atoms with E-state index in [0.717, 1.165) is 43.2 Å². The lowest BCUT2D eigenvalue weighted by molar-refractivity contribution is 0.0600. The lowest BCUT2D eigenvalue weighted by atomic mass is 10.1. The highest BCUT2D eigenvalue weighted by molar-refractivity contribution is 7.12. The third-order valence-electron chi connectivity index (χ3n) is 4.17. The van der Waals surface area contributed by atoms with E-state index in [0.29, 0.717) is 5.56 Å². The number of carbonyl (C=O) groups excluding carboxylic acids is 2. The van der Waals surface area contributed by atoms with Crippen LogP contribution in [0.4, 0.5) is 0 Å². The van der Waals surface area contributed by atoms with Crippen molar-refractivity contribution in [2.24, 2.45) is 0 Å². The summed E-state index contributed by atoms with van der Waals surface area (Å²) < 4.78 is 4.70. The summed E-state index contributed by atoms with van der Waals surface area (Å²) in [5.41, 5.74) is 1.72. The number of benzene rings is 1. The largest absolute Gasteiger partial charge is 0.465 e. The van der Waals surface area contributed by atoms with Gasteiger partial charge in [0.15, 0.2) is 0 Å². The van der Waals surface area contributed by atoms with Crippen molar-refractivity contribution in [2.75, 3.05) is 33.3 Å². The van der Waals surface area contributed by atoms with Gasteiger partial charge >= 0.3 is 5.97 Å². The van der Waals surface area contributed by atoms with Crippen LogP contribution in [-0.4, -0.2) is 55.0 Å². The first-order valence-corrected chi connectivity index (χ1v) is 8.78. The van der Waals surface area contributed by atoms with Crippen molar-refractivity contribution in [2.45, 2.75) is 6.54 Å². The Kier molecular flexibility index (Phi) is 5.27. The van der Waals surface area contributed by atoms with Crippen molar-refractivity contribution in [3.05, 3.63) is 57.8 Å². The molecule has 0 radical (unpaired) electrons. The van der Waals surface area contributed by atoms with Crippen molar-refractivity contribution < 1.29 is 14.3 Å². The molecule has 1 aromatic heterocycles. The maximum atomic E-state index is 12.3. The Balaban J connectivity index is 1.52. The van der Waals surface area contributed by atoms with Gasteiger partial charge in [0, 0.05) is 32.7 Å². The van der Waals surface area contributed by atoms with Crippen LogP contribution in [0.15, 0.2) is 41.8 Å². The van der Waals surface area contributed by atoms with E-state index in [-0.39, 0.29) is 11.9 Å². The number of amides is 1. The number of hydrogen-bond donors (Lipinski definition) is 0. The van der Waals surface area contributed by atoms with Crippen LogP contribution >= 0.6 is 11.3 Å². The fourth-order valence-corrected chi connectivity index (χ4v) is 3.48. The van der Waals surface area contributed by atoms with Gasteiger partial charge in [-0.3, -0.25) is 9.69 Å². The quantitative estimate of drug-likeness (QED) is 0.800. The van der Waals surface area contributed by atoms with Crippen LogP contribution in [-0.2, 0) is 11.3 Å². The second kappa shape index (κ2) is 7.59. The molecule has 1 saturated heterocycles.